The fourth-order valence-electron chi connectivity index (χ4n) is 1.89. The highest BCUT2D eigenvalue weighted by Crippen LogP contribution is 2.12. The zero-order chi connectivity index (χ0) is 11.6. The molecule has 1 heterocycles. The van der Waals surface area contributed by atoms with Crippen LogP contribution in [0.3, 0.4) is 0 Å². The van der Waals surface area contributed by atoms with Gasteiger partial charge in [0.25, 0.3) is 0 Å². The van der Waals surface area contributed by atoms with E-state index < -0.39 is 0 Å². The van der Waals surface area contributed by atoms with E-state index in [1.54, 1.807) is 18.4 Å². The lowest BCUT2D eigenvalue weighted by Gasteiger charge is -2.17. The topological polar surface area (TPSA) is 21.3 Å². The van der Waals surface area contributed by atoms with Gasteiger partial charge >= 0.3 is 0 Å². The van der Waals surface area contributed by atoms with E-state index in [9.17, 15) is 0 Å². The average Bonchev–Trinajstić information content (AvgIpc) is 2.79. The number of aryl methyl sites for hydroxylation is 1. The largest absolute Gasteiger partial charge is 0.385 e. The van der Waals surface area contributed by atoms with E-state index in [0.29, 0.717) is 6.04 Å². The smallest absolute Gasteiger partial charge is 0.0462 e. The average molecular weight is 241 g/mol. The van der Waals surface area contributed by atoms with Gasteiger partial charge in [0.1, 0.15) is 0 Å². The van der Waals surface area contributed by atoms with Crippen LogP contribution in [-0.4, -0.2) is 26.3 Å². The Bertz CT molecular complexity index is 248. The Morgan fingerprint density at radius 2 is 2.31 bits per heavy atom. The summed E-state index contributed by atoms with van der Waals surface area (Å²) in [5.74, 6) is 0. The first kappa shape index (κ1) is 13.7. The first-order valence-electron chi connectivity index (χ1n) is 6.10. The Kier molecular flexibility index (Phi) is 7.47. The van der Waals surface area contributed by atoms with Gasteiger partial charge in [-0.25, -0.2) is 0 Å². The molecule has 0 bridgehead atoms. The van der Waals surface area contributed by atoms with Crippen LogP contribution in [0.25, 0.3) is 0 Å². The summed E-state index contributed by atoms with van der Waals surface area (Å²) in [7, 11) is 1.77. The summed E-state index contributed by atoms with van der Waals surface area (Å²) in [4.78, 5) is 0. The van der Waals surface area contributed by atoms with E-state index in [4.69, 9.17) is 4.74 Å². The highest BCUT2D eigenvalue weighted by atomic mass is 32.1. The summed E-state index contributed by atoms with van der Waals surface area (Å²) < 4.78 is 5.09. The van der Waals surface area contributed by atoms with Crippen molar-refractivity contribution in [2.24, 2.45) is 0 Å². The third-order valence-corrected chi connectivity index (χ3v) is 3.49. The molecule has 0 amide bonds. The van der Waals surface area contributed by atoms with Gasteiger partial charge in [0.2, 0.25) is 0 Å². The molecule has 3 heteroatoms. The molecule has 0 aliphatic rings. The number of hydrogen-bond donors (Lipinski definition) is 1. The maximum Gasteiger partial charge on any atom is 0.0462 e. The normalized spacial score (nSPS) is 12.9. The standard InChI is InChI=1S/C13H23NOS/c1-3-14-13(5-4-9-15-2)7-6-12-8-10-16-11-12/h8,10-11,13-14H,3-7,9H2,1-2H3. The lowest BCUT2D eigenvalue weighted by atomic mass is 10.0. The number of rotatable bonds is 9. The van der Waals surface area contributed by atoms with Gasteiger partial charge in [-0.1, -0.05) is 6.92 Å². The molecule has 1 aromatic rings. The molecule has 0 saturated carbocycles. The zero-order valence-electron chi connectivity index (χ0n) is 10.4. The molecule has 1 atom stereocenters. The van der Waals surface area contributed by atoms with Crippen molar-refractivity contribution < 1.29 is 4.74 Å². The van der Waals surface area contributed by atoms with Crippen LogP contribution in [0.15, 0.2) is 16.8 Å². The predicted octanol–water partition coefficient (Wildman–Crippen LogP) is 3.09. The van der Waals surface area contributed by atoms with Gasteiger partial charge in [-0.15, -0.1) is 0 Å². The molecule has 0 aromatic carbocycles. The first-order chi connectivity index (χ1) is 7.86. The molecule has 0 aliphatic carbocycles. The molecule has 0 aliphatic heterocycles. The third kappa shape index (κ3) is 5.64. The van der Waals surface area contributed by atoms with Crippen LogP contribution in [0, 0.1) is 0 Å². The Balaban J connectivity index is 2.21. The van der Waals surface area contributed by atoms with Gasteiger partial charge in [-0.05, 0) is 54.6 Å². The maximum atomic E-state index is 5.09. The Morgan fingerprint density at radius 3 is 2.94 bits per heavy atom. The van der Waals surface area contributed by atoms with E-state index in [2.05, 4.69) is 29.1 Å². The van der Waals surface area contributed by atoms with Crippen molar-refractivity contribution >= 4 is 11.3 Å². The molecule has 92 valence electrons. The second-order valence-electron chi connectivity index (χ2n) is 4.06. The highest BCUT2D eigenvalue weighted by molar-refractivity contribution is 7.07. The van der Waals surface area contributed by atoms with E-state index in [1.165, 1.54) is 24.8 Å². The molecule has 0 spiro atoms. The molecule has 16 heavy (non-hydrogen) atoms. The van der Waals surface area contributed by atoms with Crippen LogP contribution < -0.4 is 5.32 Å². The van der Waals surface area contributed by atoms with Gasteiger partial charge in [0, 0.05) is 19.8 Å². The summed E-state index contributed by atoms with van der Waals surface area (Å²) in [5, 5.41) is 7.96. The van der Waals surface area contributed by atoms with Crippen LogP contribution >= 0.6 is 11.3 Å². The molecule has 1 aromatic heterocycles. The van der Waals surface area contributed by atoms with Crippen LogP contribution in [0.2, 0.25) is 0 Å². The maximum absolute atomic E-state index is 5.09. The second-order valence-corrected chi connectivity index (χ2v) is 4.84. The van der Waals surface area contributed by atoms with E-state index in [-0.39, 0.29) is 0 Å². The van der Waals surface area contributed by atoms with Crippen LogP contribution in [0.5, 0.6) is 0 Å². The Morgan fingerprint density at radius 1 is 1.44 bits per heavy atom. The lowest BCUT2D eigenvalue weighted by Crippen LogP contribution is -2.29. The fourth-order valence-corrected chi connectivity index (χ4v) is 2.59. The van der Waals surface area contributed by atoms with Crippen molar-refractivity contribution in [1.29, 1.82) is 0 Å². The van der Waals surface area contributed by atoms with Gasteiger partial charge in [0.15, 0.2) is 0 Å². The summed E-state index contributed by atoms with van der Waals surface area (Å²) in [6.07, 6.45) is 4.78. The minimum atomic E-state index is 0.639. The quantitative estimate of drug-likeness (QED) is 0.671. The molecule has 0 fully saturated rings. The predicted molar refractivity (Wildman–Crippen MR) is 71.2 cm³/mol. The van der Waals surface area contributed by atoms with Crippen molar-refractivity contribution in [3.8, 4) is 0 Å². The number of nitrogens with one attached hydrogen (secondary N) is 1. The van der Waals surface area contributed by atoms with Crippen molar-refractivity contribution in [3.63, 3.8) is 0 Å². The minimum Gasteiger partial charge on any atom is -0.385 e. The number of thiophene rings is 1. The van der Waals surface area contributed by atoms with Gasteiger partial charge in [-0.3, -0.25) is 0 Å². The van der Waals surface area contributed by atoms with E-state index >= 15 is 0 Å². The lowest BCUT2D eigenvalue weighted by molar-refractivity contribution is 0.188. The van der Waals surface area contributed by atoms with Crippen molar-refractivity contribution in [2.75, 3.05) is 20.3 Å². The summed E-state index contributed by atoms with van der Waals surface area (Å²) in [5.41, 5.74) is 1.47. The molecular weight excluding hydrogens is 218 g/mol. The highest BCUT2D eigenvalue weighted by Gasteiger charge is 2.07. The fraction of sp³-hybridized carbons (Fsp3) is 0.692. The van der Waals surface area contributed by atoms with Gasteiger partial charge in [0.05, 0.1) is 0 Å². The number of hydrogen-bond acceptors (Lipinski definition) is 3. The minimum absolute atomic E-state index is 0.639. The number of methoxy groups -OCH3 is 1. The Hall–Kier alpha value is -0.380. The summed E-state index contributed by atoms with van der Waals surface area (Å²) in [6.45, 7) is 4.11. The van der Waals surface area contributed by atoms with Crippen LogP contribution in [0.1, 0.15) is 31.7 Å². The molecule has 1 N–H and O–H groups in total. The zero-order valence-corrected chi connectivity index (χ0v) is 11.2. The molecule has 0 radical (unpaired) electrons. The van der Waals surface area contributed by atoms with Crippen molar-refractivity contribution in [3.05, 3.63) is 22.4 Å². The van der Waals surface area contributed by atoms with E-state index in [1.807, 2.05) is 0 Å². The summed E-state index contributed by atoms with van der Waals surface area (Å²) >= 11 is 1.79. The SMILES string of the molecule is CCNC(CCCOC)CCc1ccsc1. The molecule has 1 unspecified atom stereocenters. The first-order valence-corrected chi connectivity index (χ1v) is 7.04. The molecule has 2 nitrogen and oxygen atoms in total. The van der Waals surface area contributed by atoms with Crippen molar-refractivity contribution in [1.82, 2.24) is 5.32 Å². The van der Waals surface area contributed by atoms with Gasteiger partial charge in [-0.2, -0.15) is 11.3 Å². The Labute approximate surface area is 103 Å². The third-order valence-electron chi connectivity index (χ3n) is 2.76. The monoisotopic (exact) mass is 241 g/mol. The van der Waals surface area contributed by atoms with Crippen LogP contribution in [0.4, 0.5) is 0 Å². The number of ether oxygens (including phenoxy) is 1. The summed E-state index contributed by atoms with van der Waals surface area (Å²) in [6, 6.07) is 2.86. The van der Waals surface area contributed by atoms with Crippen molar-refractivity contribution in [2.45, 2.75) is 38.6 Å². The molecule has 1 rings (SSSR count). The molecular formula is C13H23NOS. The van der Waals surface area contributed by atoms with E-state index in [0.717, 1.165) is 19.6 Å². The van der Waals surface area contributed by atoms with Gasteiger partial charge < -0.3 is 10.1 Å². The van der Waals surface area contributed by atoms with Crippen LogP contribution in [-0.2, 0) is 11.2 Å². The second kappa shape index (κ2) is 8.74. The molecule has 0 saturated heterocycles.